The summed E-state index contributed by atoms with van der Waals surface area (Å²) in [6.45, 7) is 0. The maximum absolute atomic E-state index is 12.8. The second-order valence-electron chi connectivity index (χ2n) is 4.92. The zero-order valence-corrected chi connectivity index (χ0v) is 14.8. The van der Waals surface area contributed by atoms with Crippen LogP contribution in [0.5, 0.6) is 0 Å². The predicted molar refractivity (Wildman–Crippen MR) is 87.7 cm³/mol. The van der Waals surface area contributed by atoms with E-state index in [9.17, 15) is 8.42 Å². The fourth-order valence-corrected chi connectivity index (χ4v) is 3.69. The van der Waals surface area contributed by atoms with Gasteiger partial charge in [-0.25, -0.2) is 0 Å². The fourth-order valence-electron chi connectivity index (χ4n) is 1.67. The maximum atomic E-state index is 12.8. The highest BCUT2D eigenvalue weighted by Gasteiger charge is 2.28. The molecule has 2 rings (SSSR count). The number of hydrogen-bond acceptors (Lipinski definition) is 6. The lowest BCUT2D eigenvalue weighted by atomic mass is 10.4. The van der Waals surface area contributed by atoms with Crippen molar-refractivity contribution < 1.29 is 8.42 Å². The molecule has 0 saturated heterocycles. The van der Waals surface area contributed by atoms with Gasteiger partial charge in [0.15, 0.2) is 0 Å². The molecule has 1 heterocycles. The van der Waals surface area contributed by atoms with Gasteiger partial charge in [-0.05, 0) is 18.2 Å². The molecule has 0 N–H and O–H groups in total. The Hall–Kier alpha value is -1.51. The SMILES string of the molecule is CN(C)c1nc(N(C)C)n(S(=O)(=O)c2cc(Cl)ccc2Cl)n1. The van der Waals surface area contributed by atoms with E-state index in [4.69, 9.17) is 23.2 Å². The lowest BCUT2D eigenvalue weighted by molar-refractivity contribution is 0.580. The Bertz CT molecular complexity index is 802. The first-order chi connectivity index (χ1) is 10.1. The molecule has 2 aromatic rings. The summed E-state index contributed by atoms with van der Waals surface area (Å²) in [4.78, 5) is 7.24. The van der Waals surface area contributed by atoms with Crippen molar-refractivity contribution in [1.29, 1.82) is 0 Å². The van der Waals surface area contributed by atoms with Crippen LogP contribution in [-0.4, -0.2) is 50.8 Å². The number of benzene rings is 1. The molecule has 0 atom stereocenters. The number of anilines is 2. The van der Waals surface area contributed by atoms with Crippen LogP contribution >= 0.6 is 23.2 Å². The van der Waals surface area contributed by atoms with E-state index in [1.165, 1.54) is 18.2 Å². The van der Waals surface area contributed by atoms with Crippen LogP contribution in [0.2, 0.25) is 10.0 Å². The first kappa shape index (κ1) is 16.9. The molecular weight excluding hydrogens is 349 g/mol. The smallest absolute Gasteiger partial charge is 0.287 e. The van der Waals surface area contributed by atoms with E-state index in [0.717, 1.165) is 4.09 Å². The van der Waals surface area contributed by atoms with Crippen LogP contribution < -0.4 is 9.80 Å². The Balaban J connectivity index is 2.70. The van der Waals surface area contributed by atoms with Crippen molar-refractivity contribution in [3.05, 3.63) is 28.2 Å². The summed E-state index contributed by atoms with van der Waals surface area (Å²) in [6, 6.07) is 4.23. The van der Waals surface area contributed by atoms with Crippen LogP contribution in [0.1, 0.15) is 0 Å². The zero-order chi connectivity index (χ0) is 16.7. The van der Waals surface area contributed by atoms with Gasteiger partial charge in [0.05, 0.1) is 5.02 Å². The third-order valence-electron chi connectivity index (χ3n) is 2.75. The van der Waals surface area contributed by atoms with Gasteiger partial charge in [-0.15, -0.1) is 9.19 Å². The molecule has 1 aromatic heterocycles. The number of rotatable bonds is 4. The largest absolute Gasteiger partial charge is 0.346 e. The van der Waals surface area contributed by atoms with Crippen molar-refractivity contribution in [2.24, 2.45) is 0 Å². The standard InChI is InChI=1S/C12H15Cl2N5O2S/c1-17(2)11-15-12(18(3)4)19(16-11)22(20,21)10-7-8(13)5-6-9(10)14/h5-7H,1-4H3. The summed E-state index contributed by atoms with van der Waals surface area (Å²) in [7, 11) is 2.77. The van der Waals surface area contributed by atoms with Gasteiger partial charge in [0.25, 0.3) is 10.0 Å². The first-order valence-electron chi connectivity index (χ1n) is 6.17. The Morgan fingerprint density at radius 2 is 1.73 bits per heavy atom. The molecule has 0 amide bonds. The molecule has 0 saturated carbocycles. The van der Waals surface area contributed by atoms with E-state index >= 15 is 0 Å². The second kappa shape index (κ2) is 5.94. The van der Waals surface area contributed by atoms with Gasteiger partial charge in [-0.1, -0.05) is 23.2 Å². The fraction of sp³-hybridized carbons (Fsp3) is 0.333. The van der Waals surface area contributed by atoms with Gasteiger partial charge in [-0.2, -0.15) is 13.4 Å². The molecule has 120 valence electrons. The minimum Gasteiger partial charge on any atom is -0.346 e. The quantitative estimate of drug-likeness (QED) is 0.826. The Kier molecular flexibility index (Phi) is 4.55. The summed E-state index contributed by atoms with van der Waals surface area (Å²) < 4.78 is 26.5. The predicted octanol–water partition coefficient (Wildman–Crippen LogP) is 1.95. The molecule has 7 nitrogen and oxygen atoms in total. The topological polar surface area (TPSA) is 71.3 Å². The van der Waals surface area contributed by atoms with E-state index in [0.29, 0.717) is 0 Å². The van der Waals surface area contributed by atoms with Gasteiger partial charge in [0.2, 0.25) is 11.9 Å². The van der Waals surface area contributed by atoms with Crippen molar-refractivity contribution >= 4 is 45.1 Å². The molecule has 0 aliphatic carbocycles. The molecule has 0 bridgehead atoms. The van der Waals surface area contributed by atoms with Gasteiger partial charge < -0.3 is 9.80 Å². The van der Waals surface area contributed by atoms with E-state index in [1.807, 2.05) is 0 Å². The maximum Gasteiger partial charge on any atom is 0.287 e. The van der Waals surface area contributed by atoms with Crippen molar-refractivity contribution in [3.63, 3.8) is 0 Å². The first-order valence-corrected chi connectivity index (χ1v) is 8.36. The lowest BCUT2D eigenvalue weighted by Gasteiger charge is -2.13. The minimum absolute atomic E-state index is 0.0657. The molecule has 0 unspecified atom stereocenters. The molecular formula is C12H15Cl2N5O2S. The van der Waals surface area contributed by atoms with Gasteiger partial charge in [-0.3, -0.25) is 0 Å². The average Bonchev–Trinajstić information content (AvgIpc) is 2.87. The molecule has 0 fully saturated rings. The van der Waals surface area contributed by atoms with Crippen molar-refractivity contribution in [1.82, 2.24) is 14.2 Å². The average molecular weight is 364 g/mol. The number of hydrogen-bond donors (Lipinski definition) is 0. The van der Waals surface area contributed by atoms with Crippen LogP contribution in [0.3, 0.4) is 0 Å². The summed E-state index contributed by atoms with van der Waals surface area (Å²) in [5, 5.41) is 4.38. The Labute approximate surface area is 139 Å². The number of halogens is 2. The molecule has 0 aliphatic rings. The molecule has 1 aromatic carbocycles. The normalized spacial score (nSPS) is 11.5. The third-order valence-corrected chi connectivity index (χ3v) is 5.02. The highest BCUT2D eigenvalue weighted by atomic mass is 35.5. The Morgan fingerprint density at radius 3 is 2.27 bits per heavy atom. The molecule has 10 heteroatoms. The molecule has 0 radical (unpaired) electrons. The monoisotopic (exact) mass is 363 g/mol. The molecule has 0 aliphatic heterocycles. The lowest BCUT2D eigenvalue weighted by Crippen LogP contribution is -2.22. The summed E-state index contributed by atoms with van der Waals surface area (Å²) >= 11 is 11.9. The molecule has 22 heavy (non-hydrogen) atoms. The van der Waals surface area contributed by atoms with Crippen molar-refractivity contribution in [2.45, 2.75) is 4.90 Å². The van der Waals surface area contributed by atoms with Crippen LogP contribution in [0.25, 0.3) is 0 Å². The van der Waals surface area contributed by atoms with Crippen LogP contribution in [0, 0.1) is 0 Å². The molecule has 0 spiro atoms. The third kappa shape index (κ3) is 2.99. The Morgan fingerprint density at radius 1 is 1.09 bits per heavy atom. The van der Waals surface area contributed by atoms with E-state index in [2.05, 4.69) is 10.1 Å². The van der Waals surface area contributed by atoms with Crippen molar-refractivity contribution in [2.75, 3.05) is 38.0 Å². The highest BCUT2D eigenvalue weighted by molar-refractivity contribution is 7.90. The second-order valence-corrected chi connectivity index (χ2v) is 7.50. The number of aromatic nitrogens is 3. The van der Waals surface area contributed by atoms with Crippen LogP contribution in [0.4, 0.5) is 11.9 Å². The van der Waals surface area contributed by atoms with Crippen molar-refractivity contribution in [3.8, 4) is 0 Å². The minimum atomic E-state index is -4.02. The van der Waals surface area contributed by atoms with E-state index in [-0.39, 0.29) is 26.8 Å². The summed E-state index contributed by atoms with van der Waals surface area (Å²) in [5.74, 6) is 0.435. The van der Waals surface area contributed by atoms with Crippen LogP contribution in [0.15, 0.2) is 23.1 Å². The number of nitrogens with zero attached hydrogens (tertiary/aromatic N) is 5. The van der Waals surface area contributed by atoms with E-state index < -0.39 is 10.0 Å². The summed E-state index contributed by atoms with van der Waals surface area (Å²) in [6.07, 6.45) is 0. The highest BCUT2D eigenvalue weighted by Crippen LogP contribution is 2.29. The van der Waals surface area contributed by atoms with E-state index in [1.54, 1.807) is 38.0 Å². The van der Waals surface area contributed by atoms with Gasteiger partial charge in [0, 0.05) is 33.2 Å². The van der Waals surface area contributed by atoms with Gasteiger partial charge >= 0.3 is 0 Å². The zero-order valence-electron chi connectivity index (χ0n) is 12.4. The van der Waals surface area contributed by atoms with Gasteiger partial charge in [0.1, 0.15) is 4.90 Å². The summed E-state index contributed by atoms with van der Waals surface area (Å²) in [5.41, 5.74) is 0. The van der Waals surface area contributed by atoms with Crippen LogP contribution in [-0.2, 0) is 10.0 Å².